The SMILES string of the molecule is N#Cc1ccc(N2CCC(Oc3ccc(F)cc3F)CC2)c(N2NC=CC=C2O)c1. The largest absolute Gasteiger partial charge is 0.493 e. The molecule has 0 radical (unpaired) electrons. The Labute approximate surface area is 172 Å². The number of aliphatic hydroxyl groups excluding tert-OH is 1. The minimum Gasteiger partial charge on any atom is -0.493 e. The van der Waals surface area contributed by atoms with Gasteiger partial charge in [0, 0.05) is 44.3 Å². The van der Waals surface area contributed by atoms with Crippen LogP contribution < -0.4 is 20.1 Å². The van der Waals surface area contributed by atoms with E-state index in [2.05, 4.69) is 16.4 Å². The number of anilines is 2. The first-order valence-corrected chi connectivity index (χ1v) is 9.58. The molecular formula is C22H20F2N4O2. The van der Waals surface area contributed by atoms with Gasteiger partial charge in [-0.15, -0.1) is 0 Å². The molecule has 8 heteroatoms. The number of halogens is 2. The maximum Gasteiger partial charge on any atom is 0.210 e. The summed E-state index contributed by atoms with van der Waals surface area (Å²) >= 11 is 0. The Morgan fingerprint density at radius 1 is 1.10 bits per heavy atom. The summed E-state index contributed by atoms with van der Waals surface area (Å²) in [6.07, 6.45) is 6.01. The Bertz CT molecular complexity index is 1040. The lowest BCUT2D eigenvalue weighted by atomic mass is 10.1. The van der Waals surface area contributed by atoms with Crippen LogP contribution in [0.1, 0.15) is 18.4 Å². The minimum absolute atomic E-state index is 0.0128. The first-order chi connectivity index (χ1) is 14.5. The van der Waals surface area contributed by atoms with E-state index in [1.54, 1.807) is 30.5 Å². The van der Waals surface area contributed by atoms with E-state index in [0.29, 0.717) is 37.2 Å². The second kappa shape index (κ2) is 8.33. The van der Waals surface area contributed by atoms with Crippen LogP contribution in [0.2, 0.25) is 0 Å². The lowest BCUT2D eigenvalue weighted by molar-refractivity contribution is 0.163. The van der Waals surface area contributed by atoms with Gasteiger partial charge in [0.05, 0.1) is 23.0 Å². The van der Waals surface area contributed by atoms with Gasteiger partial charge in [0.25, 0.3) is 0 Å². The number of piperidine rings is 1. The van der Waals surface area contributed by atoms with Crippen molar-refractivity contribution in [3.05, 3.63) is 77.8 Å². The Morgan fingerprint density at radius 2 is 1.90 bits per heavy atom. The smallest absolute Gasteiger partial charge is 0.210 e. The highest BCUT2D eigenvalue weighted by Crippen LogP contribution is 2.34. The minimum atomic E-state index is -0.710. The van der Waals surface area contributed by atoms with Gasteiger partial charge in [-0.1, -0.05) is 0 Å². The Balaban J connectivity index is 1.50. The number of hydrazine groups is 1. The van der Waals surface area contributed by atoms with E-state index in [4.69, 9.17) is 4.74 Å². The van der Waals surface area contributed by atoms with E-state index in [9.17, 15) is 19.1 Å². The van der Waals surface area contributed by atoms with Crippen molar-refractivity contribution in [3.8, 4) is 11.8 Å². The molecule has 1 fully saturated rings. The maximum atomic E-state index is 13.9. The number of nitrogens with one attached hydrogen (secondary N) is 1. The molecule has 2 N–H and O–H groups in total. The van der Waals surface area contributed by atoms with Crippen LogP contribution >= 0.6 is 0 Å². The molecule has 154 valence electrons. The Morgan fingerprint density at radius 3 is 2.60 bits per heavy atom. The number of ether oxygens (including phenoxy) is 1. The predicted molar refractivity (Wildman–Crippen MR) is 109 cm³/mol. The summed E-state index contributed by atoms with van der Waals surface area (Å²) in [5.41, 5.74) is 4.94. The maximum absolute atomic E-state index is 13.9. The van der Waals surface area contributed by atoms with Gasteiger partial charge in [-0.3, -0.25) is 5.43 Å². The summed E-state index contributed by atoms with van der Waals surface area (Å²) in [5.74, 6) is -1.29. The zero-order valence-electron chi connectivity index (χ0n) is 16.1. The highest BCUT2D eigenvalue weighted by Gasteiger charge is 2.26. The molecule has 0 saturated carbocycles. The van der Waals surface area contributed by atoms with Crippen molar-refractivity contribution in [2.75, 3.05) is 23.0 Å². The van der Waals surface area contributed by atoms with E-state index < -0.39 is 11.6 Å². The molecule has 0 bridgehead atoms. The van der Waals surface area contributed by atoms with Crippen LogP contribution in [-0.2, 0) is 0 Å². The molecule has 4 rings (SSSR count). The predicted octanol–water partition coefficient (Wildman–Crippen LogP) is 4.12. The molecule has 2 heterocycles. The average Bonchev–Trinajstić information content (AvgIpc) is 2.76. The molecular weight excluding hydrogens is 390 g/mol. The molecule has 2 aromatic carbocycles. The third-order valence-electron chi connectivity index (χ3n) is 5.09. The molecule has 2 aliphatic heterocycles. The topological polar surface area (TPSA) is 71.8 Å². The highest BCUT2D eigenvalue weighted by molar-refractivity contribution is 5.75. The van der Waals surface area contributed by atoms with Crippen molar-refractivity contribution in [1.82, 2.24) is 5.43 Å². The molecule has 2 aromatic rings. The molecule has 0 aromatic heterocycles. The molecule has 0 unspecified atom stereocenters. The highest BCUT2D eigenvalue weighted by atomic mass is 19.1. The summed E-state index contributed by atoms with van der Waals surface area (Å²) < 4.78 is 32.7. The van der Waals surface area contributed by atoms with Crippen molar-refractivity contribution in [2.24, 2.45) is 0 Å². The summed E-state index contributed by atoms with van der Waals surface area (Å²) in [6, 6.07) is 10.7. The second-order valence-corrected chi connectivity index (χ2v) is 7.04. The first-order valence-electron chi connectivity index (χ1n) is 9.58. The number of allylic oxidation sites excluding steroid dienone is 2. The number of hydrogen-bond acceptors (Lipinski definition) is 6. The van der Waals surface area contributed by atoms with Crippen molar-refractivity contribution in [3.63, 3.8) is 0 Å². The number of rotatable bonds is 4. The second-order valence-electron chi connectivity index (χ2n) is 7.04. The Kier molecular flexibility index (Phi) is 5.44. The molecule has 2 aliphatic rings. The number of aliphatic hydroxyl groups is 1. The normalized spacial score (nSPS) is 16.6. The lowest BCUT2D eigenvalue weighted by Gasteiger charge is -2.37. The van der Waals surface area contributed by atoms with Gasteiger partial charge in [0.2, 0.25) is 5.88 Å². The van der Waals surface area contributed by atoms with Gasteiger partial charge in [0.1, 0.15) is 11.9 Å². The van der Waals surface area contributed by atoms with Gasteiger partial charge >= 0.3 is 0 Å². The van der Waals surface area contributed by atoms with Gasteiger partial charge in [-0.25, -0.2) is 13.8 Å². The van der Waals surface area contributed by atoms with Crippen molar-refractivity contribution in [2.45, 2.75) is 18.9 Å². The summed E-state index contributed by atoms with van der Waals surface area (Å²) in [5, 5.41) is 21.0. The zero-order chi connectivity index (χ0) is 21.1. The van der Waals surface area contributed by atoms with Crippen LogP contribution in [0.15, 0.2) is 60.6 Å². The molecule has 1 saturated heterocycles. The summed E-state index contributed by atoms with van der Waals surface area (Å²) in [4.78, 5) is 2.13. The van der Waals surface area contributed by atoms with Crippen molar-refractivity contribution >= 4 is 11.4 Å². The number of hydrogen-bond donors (Lipinski definition) is 2. The van der Waals surface area contributed by atoms with Crippen LogP contribution in [0.25, 0.3) is 0 Å². The quantitative estimate of drug-likeness (QED) is 0.790. The molecule has 0 atom stereocenters. The fourth-order valence-electron chi connectivity index (χ4n) is 3.59. The van der Waals surface area contributed by atoms with E-state index in [1.807, 2.05) is 6.07 Å². The van der Waals surface area contributed by atoms with Crippen LogP contribution in [0.3, 0.4) is 0 Å². The monoisotopic (exact) mass is 410 g/mol. The zero-order valence-corrected chi connectivity index (χ0v) is 16.1. The van der Waals surface area contributed by atoms with Crippen LogP contribution in [0, 0.1) is 23.0 Å². The van der Waals surface area contributed by atoms with Gasteiger partial charge in [0.15, 0.2) is 11.6 Å². The average molecular weight is 410 g/mol. The van der Waals surface area contributed by atoms with E-state index in [1.165, 1.54) is 17.1 Å². The van der Waals surface area contributed by atoms with Crippen LogP contribution in [-0.4, -0.2) is 24.3 Å². The third-order valence-corrected chi connectivity index (χ3v) is 5.09. The molecule has 6 nitrogen and oxygen atoms in total. The number of benzene rings is 2. The van der Waals surface area contributed by atoms with Crippen LogP contribution in [0.5, 0.6) is 5.75 Å². The first kappa shape index (κ1) is 19.6. The number of nitriles is 1. The van der Waals surface area contributed by atoms with E-state index in [0.717, 1.165) is 11.8 Å². The van der Waals surface area contributed by atoms with Gasteiger partial charge in [-0.2, -0.15) is 5.26 Å². The van der Waals surface area contributed by atoms with Crippen molar-refractivity contribution in [1.29, 1.82) is 5.26 Å². The fraction of sp³-hybridized carbons (Fsp3) is 0.227. The van der Waals surface area contributed by atoms with E-state index >= 15 is 0 Å². The standard InChI is InChI=1S/C22H20F2N4O2/c23-16-4-6-21(18(24)13-16)30-17-7-10-27(11-8-17)19-5-3-15(14-25)12-20(19)28-22(29)2-1-9-26-28/h1-6,9,12-13,17,26,29H,7-8,10-11H2. The van der Waals surface area contributed by atoms with Crippen molar-refractivity contribution < 1.29 is 18.6 Å². The lowest BCUT2D eigenvalue weighted by Crippen LogP contribution is -2.41. The summed E-state index contributed by atoms with van der Waals surface area (Å²) in [6.45, 7) is 1.28. The molecule has 0 aliphatic carbocycles. The van der Waals surface area contributed by atoms with Gasteiger partial charge in [-0.05, 0) is 36.4 Å². The summed E-state index contributed by atoms with van der Waals surface area (Å²) in [7, 11) is 0. The molecule has 0 amide bonds. The van der Waals surface area contributed by atoms with E-state index in [-0.39, 0.29) is 17.7 Å². The Hall–Kier alpha value is -3.73. The van der Waals surface area contributed by atoms with Gasteiger partial charge < -0.3 is 14.7 Å². The fourth-order valence-corrected chi connectivity index (χ4v) is 3.59. The molecule has 30 heavy (non-hydrogen) atoms. The third kappa shape index (κ3) is 4.01. The molecule has 0 spiro atoms. The number of nitrogens with zero attached hydrogens (tertiary/aromatic N) is 3. The van der Waals surface area contributed by atoms with Crippen LogP contribution in [0.4, 0.5) is 20.2 Å².